The van der Waals surface area contributed by atoms with Crippen molar-refractivity contribution in [3.05, 3.63) is 64.9 Å². The number of hydrogen-bond acceptors (Lipinski definition) is 1. The molecule has 0 atom stereocenters. The fourth-order valence-electron chi connectivity index (χ4n) is 2.01. The monoisotopic (exact) mass is 270 g/mol. The summed E-state index contributed by atoms with van der Waals surface area (Å²) in [7, 11) is 2.06. The summed E-state index contributed by atoms with van der Waals surface area (Å²) in [5, 5.41) is 1.17. The lowest BCUT2D eigenvalue weighted by Crippen LogP contribution is -2.28. The molecule has 3 aromatic rings. The van der Waals surface area contributed by atoms with Gasteiger partial charge in [0, 0.05) is 12.1 Å². The van der Waals surface area contributed by atoms with E-state index in [1.165, 1.54) is 27.4 Å². The molecule has 0 aliphatic rings. The van der Waals surface area contributed by atoms with Gasteiger partial charge in [-0.3, -0.25) is 0 Å². The van der Waals surface area contributed by atoms with Gasteiger partial charge in [0.05, 0.1) is 0 Å². The standard InChI is InChI=1S/C16H13FNS/c1-18-14-4-2-3-5-15(14)19-16(18)11-8-12-6-9-13(17)10-7-12/h2-11H,1H3/q+1/b11-8+. The summed E-state index contributed by atoms with van der Waals surface area (Å²) in [5.41, 5.74) is 2.23. The van der Waals surface area contributed by atoms with Crippen molar-refractivity contribution < 1.29 is 8.96 Å². The molecule has 19 heavy (non-hydrogen) atoms. The third-order valence-electron chi connectivity index (χ3n) is 3.06. The molecule has 2 aromatic carbocycles. The van der Waals surface area contributed by atoms with Crippen molar-refractivity contribution >= 4 is 33.7 Å². The quantitative estimate of drug-likeness (QED) is 0.619. The molecule has 1 aromatic heterocycles. The molecule has 94 valence electrons. The summed E-state index contributed by atoms with van der Waals surface area (Å²) in [6.45, 7) is 0. The second kappa shape index (κ2) is 4.94. The Kier molecular flexibility index (Phi) is 3.13. The molecule has 0 radical (unpaired) electrons. The molecule has 0 N–H and O–H groups in total. The van der Waals surface area contributed by atoms with E-state index in [2.05, 4.69) is 29.8 Å². The van der Waals surface area contributed by atoms with Gasteiger partial charge in [0.1, 0.15) is 17.6 Å². The van der Waals surface area contributed by atoms with Gasteiger partial charge in [0.2, 0.25) is 5.52 Å². The zero-order chi connectivity index (χ0) is 13.2. The molecule has 0 aliphatic carbocycles. The van der Waals surface area contributed by atoms with Crippen LogP contribution in [-0.4, -0.2) is 0 Å². The first-order valence-corrected chi connectivity index (χ1v) is 6.87. The minimum absolute atomic E-state index is 0.204. The summed E-state index contributed by atoms with van der Waals surface area (Å²) >= 11 is 1.75. The van der Waals surface area contributed by atoms with Crippen LogP contribution in [0, 0.1) is 5.82 Å². The first-order chi connectivity index (χ1) is 9.24. The number of benzene rings is 2. The van der Waals surface area contributed by atoms with E-state index in [9.17, 15) is 4.39 Å². The summed E-state index contributed by atoms with van der Waals surface area (Å²) in [6.07, 6.45) is 4.07. The van der Waals surface area contributed by atoms with Crippen LogP contribution in [0.2, 0.25) is 0 Å². The van der Waals surface area contributed by atoms with E-state index in [1.54, 1.807) is 23.5 Å². The van der Waals surface area contributed by atoms with Gasteiger partial charge >= 0.3 is 0 Å². The number of rotatable bonds is 2. The number of halogens is 1. The smallest absolute Gasteiger partial charge is 0.207 e. The highest BCUT2D eigenvalue weighted by molar-refractivity contribution is 7.18. The maximum absolute atomic E-state index is 12.8. The normalized spacial score (nSPS) is 11.5. The average Bonchev–Trinajstić information content (AvgIpc) is 2.76. The Morgan fingerprint density at radius 3 is 2.47 bits per heavy atom. The summed E-state index contributed by atoms with van der Waals surface area (Å²) < 4.78 is 16.3. The maximum Gasteiger partial charge on any atom is 0.262 e. The van der Waals surface area contributed by atoms with E-state index >= 15 is 0 Å². The molecular formula is C16H13FNS+. The minimum Gasteiger partial charge on any atom is -0.207 e. The third kappa shape index (κ3) is 2.42. The molecule has 0 spiro atoms. The van der Waals surface area contributed by atoms with Crippen molar-refractivity contribution in [3.63, 3.8) is 0 Å². The van der Waals surface area contributed by atoms with Crippen molar-refractivity contribution in [1.82, 2.24) is 0 Å². The Labute approximate surface area is 115 Å². The molecule has 0 saturated heterocycles. The Morgan fingerprint density at radius 2 is 1.74 bits per heavy atom. The zero-order valence-corrected chi connectivity index (χ0v) is 11.3. The number of hydrogen-bond donors (Lipinski definition) is 0. The Balaban J connectivity index is 1.97. The molecule has 0 amide bonds. The number of para-hydroxylation sites is 1. The van der Waals surface area contributed by atoms with Crippen LogP contribution in [0.15, 0.2) is 48.5 Å². The fourth-order valence-corrected chi connectivity index (χ4v) is 3.06. The van der Waals surface area contributed by atoms with Gasteiger partial charge in [-0.25, -0.2) is 4.39 Å². The fraction of sp³-hybridized carbons (Fsp3) is 0.0625. The van der Waals surface area contributed by atoms with E-state index in [-0.39, 0.29) is 5.82 Å². The molecule has 0 bridgehead atoms. The number of aromatic nitrogens is 1. The summed E-state index contributed by atoms with van der Waals surface area (Å²) in [5.74, 6) is -0.204. The summed E-state index contributed by atoms with van der Waals surface area (Å²) in [6, 6.07) is 14.8. The van der Waals surface area contributed by atoms with Crippen LogP contribution < -0.4 is 4.57 Å². The van der Waals surface area contributed by atoms with Crippen LogP contribution in [0.1, 0.15) is 10.6 Å². The predicted octanol–water partition coefficient (Wildman–Crippen LogP) is 4.04. The van der Waals surface area contributed by atoms with Crippen LogP contribution in [0.4, 0.5) is 4.39 Å². The molecule has 1 heterocycles. The highest BCUT2D eigenvalue weighted by Crippen LogP contribution is 2.21. The summed E-state index contributed by atoms with van der Waals surface area (Å²) in [4.78, 5) is 0. The van der Waals surface area contributed by atoms with Gasteiger partial charge in [-0.15, -0.1) is 0 Å². The van der Waals surface area contributed by atoms with E-state index in [4.69, 9.17) is 0 Å². The molecular weight excluding hydrogens is 257 g/mol. The van der Waals surface area contributed by atoms with E-state index in [1.807, 2.05) is 18.2 Å². The van der Waals surface area contributed by atoms with E-state index in [0.717, 1.165) is 5.56 Å². The van der Waals surface area contributed by atoms with E-state index in [0.29, 0.717) is 0 Å². The van der Waals surface area contributed by atoms with E-state index < -0.39 is 0 Å². The first kappa shape index (κ1) is 12.1. The minimum atomic E-state index is -0.204. The topological polar surface area (TPSA) is 3.88 Å². The lowest BCUT2D eigenvalue weighted by molar-refractivity contribution is -0.642. The van der Waals surface area contributed by atoms with Crippen LogP contribution in [0.3, 0.4) is 0 Å². The highest BCUT2D eigenvalue weighted by Gasteiger charge is 2.12. The number of fused-ring (bicyclic) bond motifs is 1. The molecule has 0 unspecified atom stereocenters. The molecule has 3 heteroatoms. The van der Waals surface area contributed by atoms with Crippen molar-refractivity contribution in [2.45, 2.75) is 0 Å². The van der Waals surface area contributed by atoms with Gasteiger partial charge in [-0.1, -0.05) is 35.6 Å². The Morgan fingerprint density at radius 1 is 1.00 bits per heavy atom. The molecule has 0 saturated carbocycles. The van der Waals surface area contributed by atoms with Crippen molar-refractivity contribution in [3.8, 4) is 0 Å². The predicted molar refractivity (Wildman–Crippen MR) is 78.3 cm³/mol. The molecule has 0 fully saturated rings. The largest absolute Gasteiger partial charge is 0.262 e. The maximum atomic E-state index is 12.8. The lowest BCUT2D eigenvalue weighted by Gasteiger charge is -1.91. The number of aryl methyl sites for hydroxylation is 1. The number of thiazole rings is 1. The molecule has 3 rings (SSSR count). The second-order valence-corrected chi connectivity index (χ2v) is 5.41. The molecule has 0 aliphatic heterocycles. The third-order valence-corrected chi connectivity index (χ3v) is 4.24. The van der Waals surface area contributed by atoms with Crippen LogP contribution in [0.5, 0.6) is 0 Å². The SMILES string of the molecule is C[n+]1c(/C=C/c2ccc(F)cc2)sc2ccccc21. The van der Waals surface area contributed by atoms with Crippen molar-refractivity contribution in [2.24, 2.45) is 7.05 Å². The van der Waals surface area contributed by atoms with Crippen molar-refractivity contribution in [1.29, 1.82) is 0 Å². The van der Waals surface area contributed by atoms with Gasteiger partial charge in [0.15, 0.2) is 0 Å². The van der Waals surface area contributed by atoms with Crippen LogP contribution in [-0.2, 0) is 7.05 Å². The first-order valence-electron chi connectivity index (χ1n) is 6.05. The Hall–Kier alpha value is -2.00. The molecule has 1 nitrogen and oxygen atoms in total. The van der Waals surface area contributed by atoms with Gasteiger partial charge in [-0.2, -0.15) is 4.57 Å². The van der Waals surface area contributed by atoms with Crippen molar-refractivity contribution in [2.75, 3.05) is 0 Å². The van der Waals surface area contributed by atoms with Crippen LogP contribution >= 0.6 is 11.3 Å². The lowest BCUT2D eigenvalue weighted by atomic mass is 10.2. The highest BCUT2D eigenvalue weighted by atomic mass is 32.1. The van der Waals surface area contributed by atoms with Gasteiger partial charge in [-0.05, 0) is 29.8 Å². The number of nitrogens with zero attached hydrogens (tertiary/aromatic N) is 1. The zero-order valence-electron chi connectivity index (χ0n) is 10.5. The average molecular weight is 270 g/mol. The van der Waals surface area contributed by atoms with Crippen LogP contribution in [0.25, 0.3) is 22.4 Å². The Bertz CT molecular complexity index is 741. The second-order valence-electron chi connectivity index (χ2n) is 4.35. The van der Waals surface area contributed by atoms with Gasteiger partial charge in [0.25, 0.3) is 5.01 Å². The van der Waals surface area contributed by atoms with Gasteiger partial charge < -0.3 is 0 Å².